The van der Waals surface area contributed by atoms with Crippen LogP contribution in [0.5, 0.6) is 23.0 Å². The summed E-state index contributed by atoms with van der Waals surface area (Å²) < 4.78 is 54.0. The Morgan fingerprint density at radius 3 is 1.88 bits per heavy atom. The average molecular weight is 1180 g/mol. The zero-order valence-corrected chi connectivity index (χ0v) is 48.2. The molecule has 6 fully saturated rings. The standard InChI is InChI=1S/C62H66N2O21/c1-24-19-41-60(9,61(10,76)57(75)84-41)47-44(24)59(8)45(50(47)72)43-46(52(79-27(4)67)54(59)81-29(6)69)58(7)37(23-40-51(83-40)53(58)80-28(5)68)48(49(43)71)64-42(70)17-18-63-55(73)30-11-14-34-33(20-30)56(74)85-62(34)35-15-12-31(77-25(2)65)21-38(35)82-39-22-32(78-26(3)66)13-16-36(39)62/h11-16,19-22,24,37,40,43-54,71-72,76H,17-18,23H2,1-10H3,(H,63,73)(H,64,70)/t24-,37-,40+,43+,44+,45-,46-,47+,48+,49-,50-,51+,52+,53+,54+,58+,59-,60+,61-/m1/s1. The summed E-state index contributed by atoms with van der Waals surface area (Å²) >= 11 is 0. The third-order valence-corrected chi connectivity index (χ3v) is 20.5. The molecule has 3 aromatic rings. The van der Waals surface area contributed by atoms with Crippen LogP contribution in [0.25, 0.3) is 0 Å². The summed E-state index contributed by atoms with van der Waals surface area (Å²) in [5, 5.41) is 44.6. The quantitative estimate of drug-likeness (QED) is 0.0829. The number of rotatable bonds is 10. The van der Waals surface area contributed by atoms with Gasteiger partial charge < -0.3 is 68.6 Å². The lowest BCUT2D eigenvalue weighted by molar-refractivity contribution is -0.285. The molecule has 4 aliphatic heterocycles. The second-order valence-corrected chi connectivity index (χ2v) is 25.1. The molecule has 23 heteroatoms. The number of hydrogen-bond acceptors (Lipinski definition) is 21. The number of hydrogen-bond donors (Lipinski definition) is 5. The number of aliphatic hydroxyl groups is 3. The molecule has 1 spiro atoms. The van der Waals surface area contributed by atoms with E-state index in [1.165, 1.54) is 77.9 Å². The summed E-state index contributed by atoms with van der Waals surface area (Å²) in [7, 11) is 0. The number of nitrogens with one attached hydrogen (secondary N) is 2. The SMILES string of the molecule is CC(=O)Oc1ccc2c(c1)Oc1cc(OC(C)=O)ccc1C21OC(=O)c2cc(C(=O)NCCC(=O)N[C@@H]3[C@H](O)[C@H]4[C@@H]5[C@@H](O)[C@@H]6[C@H]([C@H](C)C=C7OC(=O)[C@@](C)(O)[C@@]76C)[C@@]5(C)[C@@H](OC(C)=O)[C@@H](OC(C)=O)[C@@H]4[C@]4(C)[C@@H]3C[C@@H]3O[C@@H]3[C@@H]4OC(C)=O)ccc21. The number of benzene rings is 3. The topological polar surface area (TPSA) is 325 Å². The van der Waals surface area contributed by atoms with E-state index in [4.69, 9.17) is 42.6 Å². The molecular weight excluding hydrogens is 1110 g/mol. The molecule has 0 unspecified atom stereocenters. The van der Waals surface area contributed by atoms with Gasteiger partial charge in [0.25, 0.3) is 5.91 Å². The van der Waals surface area contributed by atoms with Gasteiger partial charge in [0.2, 0.25) is 5.91 Å². The van der Waals surface area contributed by atoms with Gasteiger partial charge in [-0.3, -0.25) is 33.6 Å². The van der Waals surface area contributed by atoms with Gasteiger partial charge in [-0.25, -0.2) is 9.59 Å². The first-order valence-corrected chi connectivity index (χ1v) is 28.5. The van der Waals surface area contributed by atoms with Gasteiger partial charge in [-0.2, -0.15) is 0 Å². The number of carbonyl (C=O) groups excluding carboxylic acids is 9. The average Bonchev–Trinajstić information content (AvgIpc) is 1.56. The first-order valence-electron chi connectivity index (χ1n) is 28.5. The summed E-state index contributed by atoms with van der Waals surface area (Å²) in [4.78, 5) is 120. The van der Waals surface area contributed by atoms with Crippen molar-refractivity contribution >= 4 is 53.6 Å². The molecule has 4 saturated carbocycles. The van der Waals surface area contributed by atoms with Crippen molar-refractivity contribution in [3.8, 4) is 23.0 Å². The van der Waals surface area contributed by atoms with Crippen LogP contribution in [-0.4, -0.2) is 130 Å². The molecule has 0 radical (unpaired) electrons. The Bertz CT molecular complexity index is 3440. The van der Waals surface area contributed by atoms with Crippen molar-refractivity contribution in [3.05, 3.63) is 94.2 Å². The number of ether oxygens (including phenoxy) is 9. The van der Waals surface area contributed by atoms with E-state index in [9.17, 15) is 58.5 Å². The van der Waals surface area contributed by atoms with Crippen LogP contribution in [0.15, 0.2) is 66.4 Å². The van der Waals surface area contributed by atoms with Gasteiger partial charge in [0.15, 0.2) is 11.2 Å². The summed E-state index contributed by atoms with van der Waals surface area (Å²) in [6.07, 6.45) is -6.41. The molecule has 3 aromatic carbocycles. The predicted molar refractivity (Wildman–Crippen MR) is 287 cm³/mol. The molecule has 5 aliphatic carbocycles. The van der Waals surface area contributed by atoms with Gasteiger partial charge in [-0.05, 0) is 86.4 Å². The molecule has 4 heterocycles. The third-order valence-electron chi connectivity index (χ3n) is 20.5. The molecule has 0 aromatic heterocycles. The van der Waals surface area contributed by atoms with Gasteiger partial charge >= 0.3 is 41.8 Å². The molecule has 85 heavy (non-hydrogen) atoms. The Morgan fingerprint density at radius 2 is 1.28 bits per heavy atom. The van der Waals surface area contributed by atoms with Crippen molar-refractivity contribution in [2.45, 2.75) is 142 Å². The lowest BCUT2D eigenvalue weighted by Gasteiger charge is -2.67. The van der Waals surface area contributed by atoms with E-state index in [0.717, 1.165) is 0 Å². The fourth-order valence-electron chi connectivity index (χ4n) is 17.3. The molecule has 450 valence electrons. The van der Waals surface area contributed by atoms with Crippen molar-refractivity contribution in [2.24, 2.45) is 57.7 Å². The van der Waals surface area contributed by atoms with Crippen molar-refractivity contribution in [1.29, 1.82) is 0 Å². The number of fused-ring (bicyclic) bond motifs is 16. The van der Waals surface area contributed by atoms with Crippen LogP contribution < -0.4 is 24.8 Å². The fraction of sp³-hybridized carbons (Fsp3) is 0.532. The van der Waals surface area contributed by atoms with Crippen molar-refractivity contribution in [3.63, 3.8) is 0 Å². The summed E-state index contributed by atoms with van der Waals surface area (Å²) in [5.41, 5.74) is -7.06. The number of carbonyl (C=O) groups is 9. The van der Waals surface area contributed by atoms with E-state index in [1.54, 1.807) is 45.0 Å². The maximum atomic E-state index is 14.6. The summed E-state index contributed by atoms with van der Waals surface area (Å²) in [5.74, 6) is -12.0. The molecule has 19 atom stereocenters. The van der Waals surface area contributed by atoms with Crippen LogP contribution in [0, 0.1) is 57.7 Å². The van der Waals surface area contributed by atoms with Crippen LogP contribution in [0.3, 0.4) is 0 Å². The van der Waals surface area contributed by atoms with Gasteiger partial charge in [0.1, 0.15) is 53.2 Å². The highest BCUT2D eigenvalue weighted by Gasteiger charge is 2.83. The van der Waals surface area contributed by atoms with Crippen molar-refractivity contribution in [2.75, 3.05) is 6.54 Å². The third kappa shape index (κ3) is 8.29. The van der Waals surface area contributed by atoms with Crippen LogP contribution in [0.1, 0.15) is 119 Å². The maximum Gasteiger partial charge on any atom is 0.343 e. The minimum Gasteiger partial charge on any atom is -0.459 e. The van der Waals surface area contributed by atoms with Gasteiger partial charge in [0.05, 0.1) is 35.3 Å². The molecule has 2 saturated heterocycles. The number of epoxide rings is 1. The molecule has 9 aliphatic rings. The largest absolute Gasteiger partial charge is 0.459 e. The second-order valence-electron chi connectivity index (χ2n) is 25.1. The highest BCUT2D eigenvalue weighted by atomic mass is 16.6. The Hall–Kier alpha value is -7.73. The number of aliphatic hydroxyl groups excluding tert-OH is 2. The van der Waals surface area contributed by atoms with Crippen LogP contribution in [-0.2, 0) is 67.6 Å². The minimum absolute atomic E-state index is 0.0302. The first-order chi connectivity index (χ1) is 40.0. The molecule has 0 bridgehead atoms. The minimum atomic E-state index is -2.17. The Balaban J connectivity index is 0.857. The molecular formula is C62H66N2O21. The second kappa shape index (κ2) is 19.7. The highest BCUT2D eigenvalue weighted by Crippen LogP contribution is 2.76. The summed E-state index contributed by atoms with van der Waals surface area (Å²) in [6.45, 7) is 14.2. The Morgan fingerprint density at radius 1 is 0.682 bits per heavy atom. The number of allylic oxidation sites excluding steroid dienone is 1. The Kier molecular flexibility index (Phi) is 13.3. The maximum absolute atomic E-state index is 14.6. The predicted octanol–water partition coefficient (Wildman–Crippen LogP) is 4.00. The Labute approximate surface area is 487 Å². The summed E-state index contributed by atoms with van der Waals surface area (Å²) in [6, 6.07) is 12.3. The number of amides is 2. The van der Waals surface area contributed by atoms with Crippen molar-refractivity contribution < 1.29 is 101 Å². The molecule has 12 rings (SSSR count). The lowest BCUT2D eigenvalue weighted by atomic mass is 9.40. The molecule has 5 N–H and O–H groups in total. The van der Waals surface area contributed by atoms with Crippen LogP contribution in [0.2, 0.25) is 0 Å². The van der Waals surface area contributed by atoms with Crippen LogP contribution in [0.4, 0.5) is 0 Å². The van der Waals surface area contributed by atoms with E-state index in [1.807, 2.05) is 6.92 Å². The van der Waals surface area contributed by atoms with E-state index >= 15 is 0 Å². The highest BCUT2D eigenvalue weighted by molar-refractivity contribution is 6.02. The molecule has 23 nitrogen and oxygen atoms in total. The van der Waals surface area contributed by atoms with Gasteiger partial charge in [0, 0.05) is 111 Å². The normalized spacial score (nSPS) is 37.7. The van der Waals surface area contributed by atoms with E-state index < -0.39 is 171 Å². The lowest BCUT2D eigenvalue weighted by Crippen LogP contribution is -2.77. The zero-order valence-electron chi connectivity index (χ0n) is 48.2. The van der Waals surface area contributed by atoms with Gasteiger partial charge in [-0.1, -0.05) is 26.8 Å². The first kappa shape index (κ1) is 57.7. The smallest absolute Gasteiger partial charge is 0.343 e. The number of esters is 7. The monoisotopic (exact) mass is 1170 g/mol. The van der Waals surface area contributed by atoms with E-state index in [-0.39, 0.29) is 59.3 Å². The fourth-order valence-corrected chi connectivity index (χ4v) is 17.3. The van der Waals surface area contributed by atoms with E-state index in [0.29, 0.717) is 16.7 Å². The zero-order chi connectivity index (χ0) is 61.1. The van der Waals surface area contributed by atoms with Crippen LogP contribution >= 0.6 is 0 Å². The van der Waals surface area contributed by atoms with Gasteiger partial charge in [-0.15, -0.1) is 0 Å². The molecule has 2 amide bonds. The van der Waals surface area contributed by atoms with Crippen molar-refractivity contribution in [1.82, 2.24) is 10.6 Å². The van der Waals surface area contributed by atoms with E-state index in [2.05, 4.69) is 10.6 Å².